The van der Waals surface area contributed by atoms with E-state index < -0.39 is 0 Å². The maximum absolute atomic E-state index is 11.7. The molecule has 0 unspecified atom stereocenters. The van der Waals surface area contributed by atoms with E-state index in [1.165, 1.54) is 12.8 Å². The van der Waals surface area contributed by atoms with Crippen molar-refractivity contribution in [3.05, 3.63) is 23.8 Å². The Morgan fingerprint density at radius 1 is 1.38 bits per heavy atom. The molecule has 3 nitrogen and oxygen atoms in total. The number of amides is 1. The molecule has 1 aromatic rings. The van der Waals surface area contributed by atoms with Gasteiger partial charge in [0.1, 0.15) is 0 Å². The Bertz CT molecular complexity index is 487. The summed E-state index contributed by atoms with van der Waals surface area (Å²) in [6, 6.07) is 6.00. The molecule has 1 N–H and O–H groups in total. The van der Waals surface area contributed by atoms with Gasteiger partial charge in [-0.05, 0) is 43.4 Å². The van der Waals surface area contributed by atoms with Gasteiger partial charge >= 0.3 is 0 Å². The molecule has 1 heterocycles. The summed E-state index contributed by atoms with van der Waals surface area (Å²) in [6.07, 6.45) is 2.83. The Morgan fingerprint density at radius 2 is 2.19 bits per heavy atom. The third kappa shape index (κ3) is 1.73. The van der Waals surface area contributed by atoms with E-state index in [1.807, 2.05) is 25.1 Å². The number of hydrogen-bond acceptors (Lipinski definition) is 2. The molecule has 82 valence electrons. The molecule has 3 rings (SSSR count). The van der Waals surface area contributed by atoms with Gasteiger partial charge in [0, 0.05) is 5.71 Å². The maximum Gasteiger partial charge on any atom is 0.230 e. The molecule has 2 aliphatic rings. The van der Waals surface area contributed by atoms with Crippen molar-refractivity contribution in [3.8, 4) is 0 Å². The lowest BCUT2D eigenvalue weighted by Gasteiger charge is -2.04. The number of aliphatic imine (C=N–C) groups is 1. The summed E-state index contributed by atoms with van der Waals surface area (Å²) in [7, 11) is 0. The second kappa shape index (κ2) is 3.44. The van der Waals surface area contributed by atoms with Crippen LogP contribution in [0.2, 0.25) is 0 Å². The normalized spacial score (nSPS) is 19.6. The third-order valence-corrected chi connectivity index (χ3v) is 3.08. The lowest BCUT2D eigenvalue weighted by molar-refractivity contribution is -0.115. The zero-order valence-corrected chi connectivity index (χ0v) is 9.29. The van der Waals surface area contributed by atoms with Gasteiger partial charge in [0.15, 0.2) is 0 Å². The summed E-state index contributed by atoms with van der Waals surface area (Å²) < 4.78 is 0. The lowest BCUT2D eigenvalue weighted by Crippen LogP contribution is -2.15. The first-order valence-electron chi connectivity index (χ1n) is 5.70. The topological polar surface area (TPSA) is 41.5 Å². The van der Waals surface area contributed by atoms with Crippen LogP contribution in [-0.4, -0.2) is 11.6 Å². The number of nitrogens with one attached hydrogen (secondary N) is 1. The Kier molecular flexibility index (Phi) is 2.06. The number of fused-ring (bicyclic) bond motifs is 1. The molecule has 0 spiro atoms. The highest BCUT2D eigenvalue weighted by atomic mass is 16.1. The van der Waals surface area contributed by atoms with Crippen molar-refractivity contribution >= 4 is 23.0 Å². The third-order valence-electron chi connectivity index (χ3n) is 3.08. The van der Waals surface area contributed by atoms with Crippen LogP contribution in [0.25, 0.3) is 0 Å². The van der Waals surface area contributed by atoms with Crippen molar-refractivity contribution in [1.82, 2.24) is 0 Å². The number of rotatable bonds is 1. The molecule has 1 aromatic carbocycles. The van der Waals surface area contributed by atoms with Gasteiger partial charge in [-0.3, -0.25) is 9.79 Å². The van der Waals surface area contributed by atoms with Gasteiger partial charge in [0.05, 0.1) is 17.8 Å². The van der Waals surface area contributed by atoms with Crippen LogP contribution in [0, 0.1) is 12.8 Å². The van der Waals surface area contributed by atoms with Crippen molar-refractivity contribution in [3.63, 3.8) is 0 Å². The van der Waals surface area contributed by atoms with Crippen LogP contribution in [0.1, 0.15) is 24.8 Å². The van der Waals surface area contributed by atoms with Crippen molar-refractivity contribution in [2.75, 3.05) is 5.32 Å². The van der Waals surface area contributed by atoms with Crippen LogP contribution < -0.4 is 5.32 Å². The van der Waals surface area contributed by atoms with E-state index in [0.717, 1.165) is 22.6 Å². The Labute approximate surface area is 94.6 Å². The van der Waals surface area contributed by atoms with Gasteiger partial charge in [0.2, 0.25) is 5.91 Å². The molecule has 0 aromatic heterocycles. The van der Waals surface area contributed by atoms with Crippen LogP contribution in [0.4, 0.5) is 11.4 Å². The van der Waals surface area contributed by atoms with E-state index in [1.54, 1.807) is 0 Å². The predicted molar refractivity (Wildman–Crippen MR) is 64.2 cm³/mol. The van der Waals surface area contributed by atoms with Gasteiger partial charge in [0.25, 0.3) is 0 Å². The van der Waals surface area contributed by atoms with Crippen LogP contribution in [-0.2, 0) is 4.79 Å². The molecular formula is C13H14N2O. The molecule has 3 heteroatoms. The van der Waals surface area contributed by atoms with E-state index in [2.05, 4.69) is 10.3 Å². The lowest BCUT2D eigenvalue weighted by atomic mass is 10.2. The standard InChI is InChI=1S/C13H14N2O/c1-8-2-5-10-12(6-8)15-13(16)7-11(14-10)9-3-4-9/h2,5-6,9H,3-4,7H2,1H3,(H,15,16). The smallest absolute Gasteiger partial charge is 0.230 e. The van der Waals surface area contributed by atoms with E-state index >= 15 is 0 Å². The maximum atomic E-state index is 11.7. The summed E-state index contributed by atoms with van der Waals surface area (Å²) in [5.41, 5.74) is 3.95. The second-order valence-corrected chi connectivity index (χ2v) is 4.62. The van der Waals surface area contributed by atoms with Crippen LogP contribution >= 0.6 is 0 Å². The van der Waals surface area contributed by atoms with Gasteiger partial charge in [-0.15, -0.1) is 0 Å². The number of anilines is 1. The molecule has 0 atom stereocenters. The highest BCUT2D eigenvalue weighted by molar-refractivity contribution is 6.11. The summed E-state index contributed by atoms with van der Waals surface area (Å²) in [6.45, 7) is 2.02. The predicted octanol–water partition coefficient (Wildman–Crippen LogP) is 2.82. The van der Waals surface area contributed by atoms with Crippen molar-refractivity contribution in [1.29, 1.82) is 0 Å². The zero-order valence-electron chi connectivity index (χ0n) is 9.29. The first kappa shape index (κ1) is 9.58. The van der Waals surface area contributed by atoms with Gasteiger partial charge in [-0.2, -0.15) is 0 Å². The fraction of sp³-hybridized carbons (Fsp3) is 0.385. The molecule has 0 saturated heterocycles. The van der Waals surface area contributed by atoms with Crippen LogP contribution in [0.3, 0.4) is 0 Å². The monoisotopic (exact) mass is 214 g/mol. The first-order valence-corrected chi connectivity index (χ1v) is 5.70. The summed E-state index contributed by atoms with van der Waals surface area (Å²) in [5, 5.41) is 2.92. The largest absolute Gasteiger partial charge is 0.324 e. The second-order valence-electron chi connectivity index (χ2n) is 4.62. The number of benzene rings is 1. The van der Waals surface area contributed by atoms with Crippen molar-refractivity contribution in [2.24, 2.45) is 10.9 Å². The van der Waals surface area contributed by atoms with E-state index in [9.17, 15) is 4.79 Å². The highest BCUT2D eigenvalue weighted by Gasteiger charge is 2.30. The molecule has 16 heavy (non-hydrogen) atoms. The first-order chi connectivity index (χ1) is 7.72. The number of carbonyl (C=O) groups is 1. The summed E-state index contributed by atoms with van der Waals surface area (Å²) in [4.78, 5) is 16.3. The van der Waals surface area contributed by atoms with E-state index in [0.29, 0.717) is 12.3 Å². The average Bonchev–Trinajstić information content (AvgIpc) is 3.02. The van der Waals surface area contributed by atoms with Gasteiger partial charge < -0.3 is 5.32 Å². The molecule has 1 saturated carbocycles. The number of hydrogen-bond donors (Lipinski definition) is 1. The van der Waals surface area contributed by atoms with Gasteiger partial charge in [-0.25, -0.2) is 0 Å². The number of carbonyl (C=O) groups excluding carboxylic acids is 1. The van der Waals surface area contributed by atoms with Crippen LogP contribution in [0.15, 0.2) is 23.2 Å². The fourth-order valence-electron chi connectivity index (χ4n) is 2.05. The highest BCUT2D eigenvalue weighted by Crippen LogP contribution is 2.37. The van der Waals surface area contributed by atoms with Crippen molar-refractivity contribution in [2.45, 2.75) is 26.2 Å². The molecule has 0 radical (unpaired) electrons. The summed E-state index contributed by atoms with van der Waals surface area (Å²) in [5.74, 6) is 0.619. The molecular weight excluding hydrogens is 200 g/mol. The number of aryl methyl sites for hydroxylation is 1. The minimum absolute atomic E-state index is 0.0648. The van der Waals surface area contributed by atoms with Crippen LogP contribution in [0.5, 0.6) is 0 Å². The Morgan fingerprint density at radius 3 is 2.94 bits per heavy atom. The van der Waals surface area contributed by atoms with Crippen molar-refractivity contribution < 1.29 is 4.79 Å². The minimum Gasteiger partial charge on any atom is -0.324 e. The Hall–Kier alpha value is -1.64. The van der Waals surface area contributed by atoms with E-state index in [-0.39, 0.29) is 5.91 Å². The quantitative estimate of drug-likeness (QED) is 0.767. The molecule has 0 bridgehead atoms. The SMILES string of the molecule is Cc1ccc2c(c1)NC(=O)CC(C1CC1)=N2. The van der Waals surface area contributed by atoms with E-state index in [4.69, 9.17) is 0 Å². The molecule has 1 aliphatic heterocycles. The molecule has 1 amide bonds. The number of nitrogens with zero attached hydrogens (tertiary/aromatic N) is 1. The van der Waals surface area contributed by atoms with Gasteiger partial charge in [-0.1, -0.05) is 6.07 Å². The Balaban J connectivity index is 2.06. The fourth-order valence-corrected chi connectivity index (χ4v) is 2.05. The molecule has 1 fully saturated rings. The minimum atomic E-state index is 0.0648. The average molecular weight is 214 g/mol. The molecule has 1 aliphatic carbocycles. The summed E-state index contributed by atoms with van der Waals surface area (Å²) >= 11 is 0. The zero-order chi connectivity index (χ0) is 11.1.